The standard InChI is InChI=1S/C7H4FN2/c8-7-5(4-9)2-1-3-6(7)10/h1-2H,10H2. The first kappa shape index (κ1) is 6.56. The molecule has 0 unspecified atom stereocenters. The molecule has 0 atom stereocenters. The highest BCUT2D eigenvalue weighted by molar-refractivity contribution is 5.46. The summed E-state index contributed by atoms with van der Waals surface area (Å²) in [7, 11) is 0. The maximum Gasteiger partial charge on any atom is 0.164 e. The second kappa shape index (κ2) is 2.36. The molecular weight excluding hydrogens is 131 g/mol. The van der Waals surface area contributed by atoms with Crippen molar-refractivity contribution in [2.24, 2.45) is 0 Å². The summed E-state index contributed by atoms with van der Waals surface area (Å²) in [4.78, 5) is 0. The van der Waals surface area contributed by atoms with Crippen LogP contribution in [0.5, 0.6) is 0 Å². The van der Waals surface area contributed by atoms with E-state index in [2.05, 4.69) is 6.07 Å². The maximum atomic E-state index is 12.6. The predicted octanol–water partition coefficient (Wildman–Crippen LogP) is 1.08. The Labute approximate surface area is 57.7 Å². The third kappa shape index (κ3) is 0.914. The SMILES string of the molecule is N#Cc1cc[c]c(N)c1F. The lowest BCUT2D eigenvalue weighted by molar-refractivity contribution is 0.628. The molecule has 10 heavy (non-hydrogen) atoms. The van der Waals surface area contributed by atoms with Crippen LogP contribution in [0.4, 0.5) is 10.1 Å². The van der Waals surface area contributed by atoms with E-state index in [1.54, 1.807) is 6.07 Å². The van der Waals surface area contributed by atoms with Gasteiger partial charge in [0.05, 0.1) is 11.3 Å². The Balaban J connectivity index is 3.31. The van der Waals surface area contributed by atoms with Gasteiger partial charge >= 0.3 is 0 Å². The first-order valence-corrected chi connectivity index (χ1v) is 2.61. The van der Waals surface area contributed by atoms with Crippen LogP contribution in [-0.2, 0) is 0 Å². The van der Waals surface area contributed by atoms with Crippen molar-refractivity contribution in [3.63, 3.8) is 0 Å². The molecule has 0 spiro atoms. The lowest BCUT2D eigenvalue weighted by Crippen LogP contribution is -1.92. The highest BCUT2D eigenvalue weighted by atomic mass is 19.1. The molecule has 1 rings (SSSR count). The van der Waals surface area contributed by atoms with Crippen molar-refractivity contribution in [2.75, 3.05) is 5.73 Å². The van der Waals surface area contributed by atoms with E-state index >= 15 is 0 Å². The van der Waals surface area contributed by atoms with Crippen molar-refractivity contribution in [1.29, 1.82) is 5.26 Å². The Morgan fingerprint density at radius 1 is 1.70 bits per heavy atom. The third-order valence-electron chi connectivity index (χ3n) is 1.08. The average molecular weight is 135 g/mol. The summed E-state index contributed by atoms with van der Waals surface area (Å²) < 4.78 is 12.6. The van der Waals surface area contributed by atoms with Crippen molar-refractivity contribution in [3.8, 4) is 6.07 Å². The normalized spacial score (nSPS) is 8.80. The lowest BCUT2D eigenvalue weighted by Gasteiger charge is -1.94. The summed E-state index contributed by atoms with van der Waals surface area (Å²) in [5.41, 5.74) is 4.96. The number of hydrogen-bond donors (Lipinski definition) is 1. The van der Waals surface area contributed by atoms with Crippen LogP contribution in [0.2, 0.25) is 0 Å². The molecule has 0 fully saturated rings. The topological polar surface area (TPSA) is 49.8 Å². The Kier molecular flexibility index (Phi) is 1.55. The van der Waals surface area contributed by atoms with Gasteiger partial charge in [-0.25, -0.2) is 4.39 Å². The molecular formula is C7H4FN2. The van der Waals surface area contributed by atoms with E-state index in [0.29, 0.717) is 0 Å². The summed E-state index contributed by atoms with van der Waals surface area (Å²) >= 11 is 0. The van der Waals surface area contributed by atoms with Gasteiger partial charge in [-0.2, -0.15) is 5.26 Å². The second-order valence-corrected chi connectivity index (χ2v) is 1.73. The van der Waals surface area contributed by atoms with Crippen LogP contribution >= 0.6 is 0 Å². The monoisotopic (exact) mass is 135 g/mol. The summed E-state index contributed by atoms with van der Waals surface area (Å²) in [6.07, 6.45) is 0. The molecule has 49 valence electrons. The van der Waals surface area contributed by atoms with E-state index < -0.39 is 5.82 Å². The van der Waals surface area contributed by atoms with E-state index in [0.717, 1.165) is 0 Å². The molecule has 1 radical (unpaired) electrons. The molecule has 2 N–H and O–H groups in total. The minimum Gasteiger partial charge on any atom is -0.396 e. The van der Waals surface area contributed by atoms with E-state index in [9.17, 15) is 4.39 Å². The Bertz CT molecular complexity index is 288. The van der Waals surface area contributed by atoms with Crippen LogP contribution in [-0.4, -0.2) is 0 Å². The molecule has 0 saturated heterocycles. The third-order valence-corrected chi connectivity index (χ3v) is 1.08. The fourth-order valence-electron chi connectivity index (χ4n) is 0.583. The number of rotatable bonds is 0. The number of anilines is 1. The summed E-state index contributed by atoms with van der Waals surface area (Å²) in [5, 5.41) is 8.28. The number of halogens is 1. The van der Waals surface area contributed by atoms with Crippen LogP contribution in [0.15, 0.2) is 12.1 Å². The van der Waals surface area contributed by atoms with Gasteiger partial charge in [0.1, 0.15) is 6.07 Å². The molecule has 3 heteroatoms. The van der Waals surface area contributed by atoms with Crippen LogP contribution in [0.25, 0.3) is 0 Å². The van der Waals surface area contributed by atoms with Crippen LogP contribution in [0.1, 0.15) is 5.56 Å². The summed E-state index contributed by atoms with van der Waals surface area (Å²) in [6, 6.07) is 6.83. The van der Waals surface area contributed by atoms with Gasteiger partial charge in [0.25, 0.3) is 0 Å². The second-order valence-electron chi connectivity index (χ2n) is 1.73. The number of hydrogen-bond acceptors (Lipinski definition) is 2. The van der Waals surface area contributed by atoms with Crippen molar-refractivity contribution < 1.29 is 4.39 Å². The molecule has 1 aromatic carbocycles. The molecule has 0 saturated carbocycles. The smallest absolute Gasteiger partial charge is 0.164 e. The number of nitrogens with zero attached hydrogens (tertiary/aromatic N) is 1. The average Bonchev–Trinajstić information content (AvgIpc) is 1.95. The highest BCUT2D eigenvalue weighted by Gasteiger charge is 2.02. The molecule has 0 aliphatic carbocycles. The van der Waals surface area contributed by atoms with Crippen LogP contribution in [0.3, 0.4) is 0 Å². The van der Waals surface area contributed by atoms with Crippen LogP contribution in [0, 0.1) is 23.2 Å². The van der Waals surface area contributed by atoms with Gasteiger partial charge in [0.2, 0.25) is 0 Å². The zero-order valence-corrected chi connectivity index (χ0v) is 5.06. The van der Waals surface area contributed by atoms with Gasteiger partial charge in [-0.15, -0.1) is 0 Å². The van der Waals surface area contributed by atoms with Crippen molar-refractivity contribution >= 4 is 5.69 Å². The predicted molar refractivity (Wildman–Crippen MR) is 34.4 cm³/mol. The van der Waals surface area contributed by atoms with E-state index in [1.807, 2.05) is 0 Å². The van der Waals surface area contributed by atoms with Crippen molar-refractivity contribution in [3.05, 3.63) is 29.6 Å². The maximum absolute atomic E-state index is 12.6. The molecule has 0 aromatic heterocycles. The largest absolute Gasteiger partial charge is 0.396 e. The Morgan fingerprint density at radius 3 is 2.90 bits per heavy atom. The quantitative estimate of drug-likeness (QED) is 0.541. The minimum atomic E-state index is -0.690. The Morgan fingerprint density at radius 2 is 2.40 bits per heavy atom. The molecule has 1 aromatic rings. The number of benzene rings is 1. The summed E-state index contributed by atoms with van der Waals surface area (Å²) in [5.74, 6) is -0.690. The fraction of sp³-hybridized carbons (Fsp3) is 0. The first-order chi connectivity index (χ1) is 4.75. The zero-order valence-electron chi connectivity index (χ0n) is 5.06. The number of nitrogens with two attached hydrogens (primary N) is 1. The van der Waals surface area contributed by atoms with Crippen LogP contribution < -0.4 is 5.73 Å². The van der Waals surface area contributed by atoms with E-state index in [-0.39, 0.29) is 11.3 Å². The van der Waals surface area contributed by atoms with Gasteiger partial charge in [-0.05, 0) is 6.07 Å². The minimum absolute atomic E-state index is 0.0451. The molecule has 2 nitrogen and oxygen atoms in total. The molecule has 0 aliphatic rings. The van der Waals surface area contributed by atoms with Crippen molar-refractivity contribution in [1.82, 2.24) is 0 Å². The molecule has 0 aliphatic heterocycles. The number of nitriles is 1. The first-order valence-electron chi connectivity index (χ1n) is 2.61. The summed E-state index contributed by atoms with van der Waals surface area (Å²) in [6.45, 7) is 0. The lowest BCUT2D eigenvalue weighted by atomic mass is 10.2. The highest BCUT2D eigenvalue weighted by Crippen LogP contribution is 2.11. The fourth-order valence-corrected chi connectivity index (χ4v) is 0.583. The Hall–Kier alpha value is -1.56. The molecule has 0 bridgehead atoms. The van der Waals surface area contributed by atoms with Crippen molar-refractivity contribution in [2.45, 2.75) is 0 Å². The van der Waals surface area contributed by atoms with Gasteiger partial charge in [-0.3, -0.25) is 0 Å². The molecule has 0 amide bonds. The zero-order chi connectivity index (χ0) is 7.56. The van der Waals surface area contributed by atoms with Gasteiger partial charge in [0.15, 0.2) is 5.82 Å². The van der Waals surface area contributed by atoms with E-state index in [4.69, 9.17) is 11.0 Å². The van der Waals surface area contributed by atoms with Gasteiger partial charge in [-0.1, -0.05) is 6.07 Å². The van der Waals surface area contributed by atoms with E-state index in [1.165, 1.54) is 12.1 Å². The van der Waals surface area contributed by atoms with Gasteiger partial charge < -0.3 is 5.73 Å². The van der Waals surface area contributed by atoms with Gasteiger partial charge in [0, 0.05) is 6.07 Å². The molecule has 0 heterocycles. The number of nitrogen functional groups attached to an aromatic ring is 1.